The van der Waals surface area contributed by atoms with E-state index in [2.05, 4.69) is 52.3 Å². The summed E-state index contributed by atoms with van der Waals surface area (Å²) in [6.45, 7) is 3.42. The van der Waals surface area contributed by atoms with E-state index in [1.807, 2.05) is 35.4 Å². The van der Waals surface area contributed by atoms with Gasteiger partial charge in [-0.2, -0.15) is 0 Å². The van der Waals surface area contributed by atoms with Crippen molar-refractivity contribution >= 4 is 11.6 Å². The summed E-state index contributed by atoms with van der Waals surface area (Å²) in [6.07, 6.45) is 8.17. The Kier molecular flexibility index (Phi) is 5.17. The van der Waals surface area contributed by atoms with Gasteiger partial charge in [0.15, 0.2) is 0 Å². The van der Waals surface area contributed by atoms with E-state index in [0.717, 1.165) is 30.6 Å². The predicted molar refractivity (Wildman–Crippen MR) is 120 cm³/mol. The molecule has 1 saturated carbocycles. The Morgan fingerprint density at radius 3 is 2.27 bits per heavy atom. The second-order valence-corrected chi connectivity index (χ2v) is 8.97. The van der Waals surface area contributed by atoms with Gasteiger partial charge in [-0.15, -0.1) is 0 Å². The molecule has 0 radical (unpaired) electrons. The van der Waals surface area contributed by atoms with Crippen LogP contribution in [-0.2, 0) is 6.54 Å². The molecule has 4 nitrogen and oxygen atoms in total. The Morgan fingerprint density at radius 1 is 0.967 bits per heavy atom. The molecule has 1 saturated heterocycles. The summed E-state index contributed by atoms with van der Waals surface area (Å²) in [5, 5.41) is 0. The van der Waals surface area contributed by atoms with Crippen LogP contribution in [0.1, 0.15) is 41.6 Å². The maximum Gasteiger partial charge on any atom is 0.260 e. The lowest BCUT2D eigenvalue weighted by molar-refractivity contribution is -0.0365. The van der Waals surface area contributed by atoms with Crippen LogP contribution in [0.25, 0.3) is 0 Å². The minimum Gasteiger partial charge on any atom is -0.367 e. The number of para-hydroxylation sites is 1. The van der Waals surface area contributed by atoms with Crippen LogP contribution in [0.2, 0.25) is 0 Å². The van der Waals surface area contributed by atoms with Crippen molar-refractivity contribution in [2.75, 3.05) is 18.0 Å². The molecule has 1 amide bonds. The highest BCUT2D eigenvalue weighted by Gasteiger charge is 2.46. The van der Waals surface area contributed by atoms with Crippen LogP contribution < -0.4 is 4.90 Å². The number of aromatic amines is 1. The molecule has 4 heteroatoms. The highest BCUT2D eigenvalue weighted by molar-refractivity contribution is 6.06. The normalized spacial score (nSPS) is 18.8. The number of amides is 1. The molecular formula is C26H29N3O. The van der Waals surface area contributed by atoms with Crippen LogP contribution >= 0.6 is 0 Å². The zero-order valence-electron chi connectivity index (χ0n) is 17.3. The van der Waals surface area contributed by atoms with Crippen molar-refractivity contribution in [2.45, 2.75) is 38.3 Å². The fourth-order valence-corrected chi connectivity index (χ4v) is 5.32. The van der Waals surface area contributed by atoms with Crippen molar-refractivity contribution in [3.8, 4) is 0 Å². The van der Waals surface area contributed by atoms with Crippen molar-refractivity contribution in [1.82, 2.24) is 9.88 Å². The number of aromatic nitrogens is 1. The number of H-pyrrole nitrogens is 1. The third kappa shape index (κ3) is 3.80. The number of hydrogen-bond acceptors (Lipinski definition) is 2. The van der Waals surface area contributed by atoms with Crippen molar-refractivity contribution < 1.29 is 4.79 Å². The first-order valence-corrected chi connectivity index (χ1v) is 11.0. The molecule has 0 atom stereocenters. The number of nitrogens with zero attached hydrogens (tertiary/aromatic N) is 2. The average Bonchev–Trinajstić information content (AvgIpc) is 3.31. The molecule has 1 N–H and O–H groups in total. The Balaban J connectivity index is 1.25. The maximum absolute atomic E-state index is 13.3. The molecular weight excluding hydrogens is 370 g/mol. The maximum atomic E-state index is 13.3. The molecule has 3 aromatic rings. The van der Waals surface area contributed by atoms with E-state index in [9.17, 15) is 4.79 Å². The lowest BCUT2D eigenvalue weighted by atomic mass is 9.67. The van der Waals surface area contributed by atoms with Crippen molar-refractivity contribution in [1.29, 1.82) is 0 Å². The number of nitrogens with one attached hydrogen (secondary N) is 1. The van der Waals surface area contributed by atoms with Gasteiger partial charge in [0.1, 0.15) is 0 Å². The van der Waals surface area contributed by atoms with Gasteiger partial charge >= 0.3 is 0 Å². The van der Waals surface area contributed by atoms with E-state index < -0.39 is 0 Å². The first-order valence-electron chi connectivity index (χ1n) is 11.0. The SMILES string of the molecule is O=C(c1cc[nH]c1)N(c1ccccc1)C1CCC2(CC1)CN(Cc1ccccc1)C2. The fourth-order valence-electron chi connectivity index (χ4n) is 5.32. The zero-order chi connectivity index (χ0) is 20.4. The first kappa shape index (κ1) is 19.1. The highest BCUT2D eigenvalue weighted by Crippen LogP contribution is 2.46. The highest BCUT2D eigenvalue weighted by atomic mass is 16.2. The molecule has 2 aromatic carbocycles. The van der Waals surface area contributed by atoms with Crippen LogP contribution in [0.3, 0.4) is 0 Å². The second-order valence-electron chi connectivity index (χ2n) is 8.97. The van der Waals surface area contributed by atoms with Crippen LogP contribution in [0.5, 0.6) is 0 Å². The lowest BCUT2D eigenvalue weighted by Crippen LogP contribution is -2.58. The monoisotopic (exact) mass is 399 g/mol. The molecule has 1 aromatic heterocycles. The first-order chi connectivity index (χ1) is 14.7. The fraction of sp³-hybridized carbons (Fsp3) is 0.346. The number of anilines is 1. The van der Waals surface area contributed by atoms with Gasteiger partial charge in [0, 0.05) is 43.8 Å². The van der Waals surface area contributed by atoms with Gasteiger partial charge in [-0.25, -0.2) is 0 Å². The molecule has 30 heavy (non-hydrogen) atoms. The number of rotatable bonds is 5. The molecule has 2 fully saturated rings. The molecule has 1 aliphatic heterocycles. The Morgan fingerprint density at radius 2 is 1.63 bits per heavy atom. The zero-order valence-corrected chi connectivity index (χ0v) is 17.3. The number of benzene rings is 2. The Hall–Kier alpha value is -2.85. The summed E-state index contributed by atoms with van der Waals surface area (Å²) in [4.78, 5) is 20.9. The third-order valence-electron chi connectivity index (χ3n) is 6.85. The van der Waals surface area contributed by atoms with Gasteiger partial charge in [-0.3, -0.25) is 9.69 Å². The third-order valence-corrected chi connectivity index (χ3v) is 6.85. The molecule has 0 bridgehead atoms. The number of likely N-dealkylation sites (tertiary alicyclic amines) is 1. The van der Waals surface area contributed by atoms with E-state index in [4.69, 9.17) is 0 Å². The van der Waals surface area contributed by atoms with Crippen LogP contribution in [-0.4, -0.2) is 34.9 Å². The minimum absolute atomic E-state index is 0.0997. The summed E-state index contributed by atoms with van der Waals surface area (Å²) < 4.78 is 0. The lowest BCUT2D eigenvalue weighted by Gasteiger charge is -2.54. The Bertz CT molecular complexity index is 952. The smallest absolute Gasteiger partial charge is 0.260 e. The topological polar surface area (TPSA) is 39.3 Å². The number of carbonyl (C=O) groups is 1. The largest absolute Gasteiger partial charge is 0.367 e. The van der Waals surface area contributed by atoms with Gasteiger partial charge in [0.2, 0.25) is 0 Å². The molecule has 2 aliphatic rings. The predicted octanol–water partition coefficient (Wildman–Crippen LogP) is 5.11. The quantitative estimate of drug-likeness (QED) is 0.648. The van der Waals surface area contributed by atoms with E-state index in [0.29, 0.717) is 5.41 Å². The summed E-state index contributed by atoms with van der Waals surface area (Å²) in [7, 11) is 0. The molecule has 154 valence electrons. The van der Waals surface area contributed by atoms with E-state index in [1.165, 1.54) is 31.5 Å². The van der Waals surface area contributed by atoms with Crippen LogP contribution in [0, 0.1) is 5.41 Å². The average molecular weight is 400 g/mol. The summed E-state index contributed by atoms with van der Waals surface area (Å²) >= 11 is 0. The van der Waals surface area contributed by atoms with E-state index in [-0.39, 0.29) is 11.9 Å². The van der Waals surface area contributed by atoms with Gasteiger partial charge in [0.05, 0.1) is 5.56 Å². The van der Waals surface area contributed by atoms with Crippen molar-refractivity contribution in [3.63, 3.8) is 0 Å². The molecule has 0 unspecified atom stereocenters. The molecule has 1 aliphatic carbocycles. The van der Waals surface area contributed by atoms with E-state index >= 15 is 0 Å². The summed E-state index contributed by atoms with van der Waals surface area (Å²) in [5.74, 6) is 0.0997. The summed E-state index contributed by atoms with van der Waals surface area (Å²) in [5.41, 5.74) is 3.58. The second kappa shape index (κ2) is 8.11. The van der Waals surface area contributed by atoms with E-state index in [1.54, 1.807) is 6.20 Å². The van der Waals surface area contributed by atoms with Gasteiger partial charge in [0.25, 0.3) is 5.91 Å². The molecule has 2 heterocycles. The number of carbonyl (C=O) groups excluding carboxylic acids is 1. The standard InChI is InChI=1S/C26H29N3O/c30-25(22-13-16-27-17-22)29(23-9-5-2-6-10-23)24-11-14-26(15-12-24)19-28(20-26)18-21-7-3-1-4-8-21/h1-10,13,16-17,24,27H,11-12,14-15,18-20H2. The number of hydrogen-bond donors (Lipinski definition) is 1. The van der Waals surface area contributed by atoms with Crippen LogP contribution in [0.15, 0.2) is 79.1 Å². The van der Waals surface area contributed by atoms with Gasteiger partial charge < -0.3 is 9.88 Å². The van der Waals surface area contributed by atoms with Crippen molar-refractivity contribution in [3.05, 3.63) is 90.3 Å². The Labute approximate surface area is 178 Å². The molecule has 5 rings (SSSR count). The molecule has 1 spiro atoms. The minimum atomic E-state index is 0.0997. The van der Waals surface area contributed by atoms with Gasteiger partial charge in [-0.05, 0) is 54.9 Å². The van der Waals surface area contributed by atoms with Crippen LogP contribution in [0.4, 0.5) is 5.69 Å². The van der Waals surface area contributed by atoms with Crippen molar-refractivity contribution in [2.24, 2.45) is 5.41 Å². The summed E-state index contributed by atoms with van der Waals surface area (Å²) in [6, 6.07) is 23.0. The van der Waals surface area contributed by atoms with Gasteiger partial charge in [-0.1, -0.05) is 48.5 Å².